The first-order chi connectivity index (χ1) is 6.29. The van der Waals surface area contributed by atoms with Crippen molar-refractivity contribution in [2.45, 2.75) is 45.3 Å². The molecule has 2 unspecified atom stereocenters. The summed E-state index contributed by atoms with van der Waals surface area (Å²) in [4.78, 5) is 2.32. The van der Waals surface area contributed by atoms with Crippen molar-refractivity contribution in [2.24, 2.45) is 5.92 Å². The second kappa shape index (κ2) is 3.52. The number of nitrogens with zero attached hydrogens (tertiary/aromatic N) is 2. The zero-order valence-corrected chi connectivity index (χ0v) is 9.54. The molecule has 1 saturated heterocycles. The average molecular weight is 196 g/mol. The van der Waals surface area contributed by atoms with Gasteiger partial charge in [-0.05, 0) is 20.8 Å². The molecule has 2 atom stereocenters. The smallest absolute Gasteiger partial charge is 0.156 e. The fourth-order valence-electron chi connectivity index (χ4n) is 1.90. The van der Waals surface area contributed by atoms with Crippen LogP contribution in [-0.2, 0) is 0 Å². The second-order valence-electron chi connectivity index (χ2n) is 5.30. The summed E-state index contributed by atoms with van der Waals surface area (Å²) in [6, 6.07) is 2.03. The van der Waals surface area contributed by atoms with Gasteiger partial charge >= 0.3 is 0 Å². The quantitative estimate of drug-likeness (QED) is 0.595. The molecule has 1 heterocycles. The Morgan fingerprint density at radius 1 is 1.50 bits per heavy atom. The maximum absolute atomic E-state index is 9.94. The molecule has 3 nitrogen and oxygen atoms in total. The Hall–Kier alpha value is -0.590. The molecule has 14 heavy (non-hydrogen) atoms. The highest BCUT2D eigenvalue weighted by atomic mass is 16.3. The number of aliphatic hydroxyl groups is 1. The predicted molar refractivity (Wildman–Crippen MR) is 55.7 cm³/mol. The molecule has 0 amide bonds. The first-order valence-electron chi connectivity index (χ1n) is 5.18. The van der Waals surface area contributed by atoms with Crippen LogP contribution in [0.1, 0.15) is 34.1 Å². The van der Waals surface area contributed by atoms with Crippen molar-refractivity contribution in [3.8, 4) is 6.07 Å². The van der Waals surface area contributed by atoms with Gasteiger partial charge in [0.1, 0.15) is 0 Å². The van der Waals surface area contributed by atoms with Crippen molar-refractivity contribution in [3.63, 3.8) is 0 Å². The number of hydrogen-bond donors (Lipinski definition) is 1. The van der Waals surface area contributed by atoms with Gasteiger partial charge in [0.15, 0.2) is 5.60 Å². The summed E-state index contributed by atoms with van der Waals surface area (Å²) in [5.41, 5.74) is -0.979. The normalized spacial score (nSPS) is 35.3. The van der Waals surface area contributed by atoms with Gasteiger partial charge in [-0.2, -0.15) is 5.26 Å². The minimum absolute atomic E-state index is 0.0282. The van der Waals surface area contributed by atoms with Gasteiger partial charge in [0.2, 0.25) is 0 Å². The van der Waals surface area contributed by atoms with E-state index < -0.39 is 5.60 Å². The fourth-order valence-corrected chi connectivity index (χ4v) is 1.90. The third-order valence-corrected chi connectivity index (χ3v) is 3.21. The summed E-state index contributed by atoms with van der Waals surface area (Å²) in [5.74, 6) is 0.0282. The van der Waals surface area contributed by atoms with Crippen molar-refractivity contribution < 1.29 is 5.11 Å². The van der Waals surface area contributed by atoms with Gasteiger partial charge in [0.25, 0.3) is 0 Å². The van der Waals surface area contributed by atoms with E-state index in [2.05, 4.69) is 25.7 Å². The molecule has 1 N–H and O–H groups in total. The summed E-state index contributed by atoms with van der Waals surface area (Å²) < 4.78 is 0. The number of hydrogen-bond acceptors (Lipinski definition) is 3. The second-order valence-corrected chi connectivity index (χ2v) is 5.30. The Morgan fingerprint density at radius 2 is 2.07 bits per heavy atom. The Labute approximate surface area is 86.3 Å². The highest BCUT2D eigenvalue weighted by Crippen LogP contribution is 2.30. The van der Waals surface area contributed by atoms with E-state index in [1.165, 1.54) is 0 Å². The Morgan fingerprint density at radius 3 is 2.43 bits per heavy atom. The van der Waals surface area contributed by atoms with Crippen LogP contribution >= 0.6 is 0 Å². The van der Waals surface area contributed by atoms with Crippen LogP contribution in [0.4, 0.5) is 0 Å². The van der Waals surface area contributed by atoms with Gasteiger partial charge in [-0.25, -0.2) is 0 Å². The van der Waals surface area contributed by atoms with Crippen molar-refractivity contribution in [1.82, 2.24) is 4.90 Å². The maximum atomic E-state index is 9.94. The molecule has 0 aromatic carbocycles. The topological polar surface area (TPSA) is 47.3 Å². The van der Waals surface area contributed by atoms with Crippen molar-refractivity contribution in [1.29, 1.82) is 5.26 Å². The molecule has 1 aliphatic rings. The lowest BCUT2D eigenvalue weighted by atomic mass is 9.82. The zero-order valence-electron chi connectivity index (χ0n) is 9.54. The summed E-state index contributed by atoms with van der Waals surface area (Å²) in [6.07, 6.45) is 0.557. The Bertz CT molecular complexity index is 251. The van der Waals surface area contributed by atoms with E-state index in [1.54, 1.807) is 0 Å². The largest absolute Gasteiger partial charge is 0.375 e. The van der Waals surface area contributed by atoms with Crippen LogP contribution in [0.2, 0.25) is 0 Å². The molecule has 0 aromatic rings. The van der Waals surface area contributed by atoms with Crippen LogP contribution in [0.15, 0.2) is 0 Å². The number of likely N-dealkylation sites (tertiary alicyclic amines) is 1. The first kappa shape index (κ1) is 11.5. The highest BCUT2D eigenvalue weighted by molar-refractivity contribution is 5.07. The molecule has 80 valence electrons. The zero-order chi connectivity index (χ0) is 11.0. The minimum Gasteiger partial charge on any atom is -0.375 e. The maximum Gasteiger partial charge on any atom is 0.156 e. The minimum atomic E-state index is -1.11. The van der Waals surface area contributed by atoms with E-state index >= 15 is 0 Å². The molecule has 0 aliphatic carbocycles. The summed E-state index contributed by atoms with van der Waals surface area (Å²) >= 11 is 0. The lowest BCUT2D eigenvalue weighted by Gasteiger charge is -2.45. The number of piperidine rings is 1. The molecule has 0 saturated carbocycles. The summed E-state index contributed by atoms with van der Waals surface area (Å²) in [6.45, 7) is 10.0. The van der Waals surface area contributed by atoms with Crippen LogP contribution < -0.4 is 0 Å². The fraction of sp³-hybridized carbons (Fsp3) is 0.909. The van der Waals surface area contributed by atoms with Crippen LogP contribution in [0.3, 0.4) is 0 Å². The van der Waals surface area contributed by atoms with Crippen LogP contribution in [0.25, 0.3) is 0 Å². The van der Waals surface area contributed by atoms with Crippen LogP contribution in [-0.4, -0.2) is 34.2 Å². The van der Waals surface area contributed by atoms with Gasteiger partial charge in [-0.3, -0.25) is 4.90 Å². The SMILES string of the molecule is CC1CN(C(C)(C)C)CCC1(O)C#N. The van der Waals surface area contributed by atoms with Gasteiger partial charge in [0.05, 0.1) is 6.07 Å². The lowest BCUT2D eigenvalue weighted by Crippen LogP contribution is -2.55. The van der Waals surface area contributed by atoms with Gasteiger partial charge in [0, 0.05) is 31.0 Å². The summed E-state index contributed by atoms with van der Waals surface area (Å²) in [5, 5.41) is 18.8. The van der Waals surface area contributed by atoms with E-state index in [1.807, 2.05) is 13.0 Å². The molecule has 0 radical (unpaired) electrons. The standard InChI is InChI=1S/C11H20N2O/c1-9-7-13(10(2,3)4)6-5-11(9,14)8-12/h9,14H,5-7H2,1-4H3. The Balaban J connectivity index is 2.70. The predicted octanol–water partition coefficient (Wildman–Crippen LogP) is 1.38. The molecule has 1 rings (SSSR count). The van der Waals surface area contributed by atoms with Gasteiger partial charge < -0.3 is 5.11 Å². The van der Waals surface area contributed by atoms with E-state index in [-0.39, 0.29) is 11.5 Å². The molecule has 3 heteroatoms. The number of nitriles is 1. The van der Waals surface area contributed by atoms with Crippen molar-refractivity contribution in [2.75, 3.05) is 13.1 Å². The first-order valence-corrected chi connectivity index (χ1v) is 5.18. The molecule has 1 aliphatic heterocycles. The van der Waals surface area contributed by atoms with Gasteiger partial charge in [-0.1, -0.05) is 6.92 Å². The molecular weight excluding hydrogens is 176 g/mol. The highest BCUT2D eigenvalue weighted by Gasteiger charge is 2.41. The van der Waals surface area contributed by atoms with E-state index in [0.29, 0.717) is 6.42 Å². The van der Waals surface area contributed by atoms with Gasteiger partial charge in [-0.15, -0.1) is 0 Å². The molecule has 0 spiro atoms. The number of rotatable bonds is 0. The van der Waals surface area contributed by atoms with E-state index in [9.17, 15) is 5.11 Å². The van der Waals surface area contributed by atoms with E-state index in [0.717, 1.165) is 13.1 Å². The molecule has 0 bridgehead atoms. The monoisotopic (exact) mass is 196 g/mol. The van der Waals surface area contributed by atoms with E-state index in [4.69, 9.17) is 5.26 Å². The van der Waals surface area contributed by atoms with Crippen LogP contribution in [0, 0.1) is 17.2 Å². The molecule has 1 fully saturated rings. The molecule has 0 aromatic heterocycles. The van der Waals surface area contributed by atoms with Crippen molar-refractivity contribution >= 4 is 0 Å². The third kappa shape index (κ3) is 2.08. The summed E-state index contributed by atoms with van der Waals surface area (Å²) in [7, 11) is 0. The van der Waals surface area contributed by atoms with Crippen LogP contribution in [0.5, 0.6) is 0 Å². The third-order valence-electron chi connectivity index (χ3n) is 3.21. The Kier molecular flexibility index (Phi) is 2.89. The van der Waals surface area contributed by atoms with Crippen molar-refractivity contribution in [3.05, 3.63) is 0 Å². The lowest BCUT2D eigenvalue weighted by molar-refractivity contribution is -0.0454. The average Bonchev–Trinajstić information content (AvgIpc) is 2.08. The molecular formula is C11H20N2O.